The van der Waals surface area contributed by atoms with Crippen molar-refractivity contribution in [3.05, 3.63) is 46.1 Å². The molecule has 11 heavy (non-hydrogen) atoms. The van der Waals surface area contributed by atoms with E-state index in [1.807, 2.05) is 18.2 Å². The Bertz CT molecular complexity index is 278. The summed E-state index contributed by atoms with van der Waals surface area (Å²) in [5.41, 5.74) is 1.06. The number of rotatable bonds is 2. The Balaban J connectivity index is 3.07. The van der Waals surface area contributed by atoms with Crippen LogP contribution >= 0.6 is 0 Å². The molecule has 0 amide bonds. The van der Waals surface area contributed by atoms with Crippen LogP contribution < -0.4 is 5.43 Å². The Kier molecular flexibility index (Phi) is 2.84. The molecule has 0 aliphatic heterocycles. The zero-order chi connectivity index (χ0) is 8.10. The van der Waals surface area contributed by atoms with Gasteiger partial charge in [-0.2, -0.15) is 0 Å². The van der Waals surface area contributed by atoms with E-state index in [0.717, 1.165) is 18.4 Å². The van der Waals surface area contributed by atoms with Crippen LogP contribution in [0.3, 0.4) is 0 Å². The molecule has 0 heterocycles. The Morgan fingerprint density at radius 1 is 1.18 bits per heavy atom. The van der Waals surface area contributed by atoms with Gasteiger partial charge in [-0.05, 0) is 18.1 Å². The second-order valence-electron chi connectivity index (χ2n) is 2.55. The lowest BCUT2D eigenvalue weighted by Gasteiger charge is -1.89. The molecule has 0 radical (unpaired) electrons. The van der Waals surface area contributed by atoms with E-state index in [1.165, 1.54) is 0 Å². The van der Waals surface area contributed by atoms with Gasteiger partial charge in [0.1, 0.15) is 0 Å². The molecular weight excluding hydrogens is 136 g/mol. The van der Waals surface area contributed by atoms with Crippen LogP contribution in [-0.4, -0.2) is 0 Å². The average molecular weight is 148 g/mol. The van der Waals surface area contributed by atoms with E-state index in [2.05, 4.69) is 6.92 Å². The minimum atomic E-state index is 0.150. The molecule has 0 aliphatic carbocycles. The van der Waals surface area contributed by atoms with Gasteiger partial charge < -0.3 is 0 Å². The summed E-state index contributed by atoms with van der Waals surface area (Å²) in [6.07, 6.45) is 1.91. The molecule has 1 aromatic carbocycles. The van der Waals surface area contributed by atoms with Gasteiger partial charge in [0.2, 0.25) is 0 Å². The zero-order valence-corrected chi connectivity index (χ0v) is 6.71. The highest BCUT2D eigenvalue weighted by Gasteiger charge is 1.92. The van der Waals surface area contributed by atoms with Crippen molar-refractivity contribution in [3.8, 4) is 0 Å². The molecule has 1 aromatic rings. The van der Waals surface area contributed by atoms with Crippen molar-refractivity contribution in [1.82, 2.24) is 0 Å². The molecule has 1 rings (SSSR count). The Morgan fingerprint density at radius 2 is 1.91 bits per heavy atom. The van der Waals surface area contributed by atoms with Gasteiger partial charge in [-0.25, -0.2) is 0 Å². The largest absolute Gasteiger partial charge is 0.290 e. The first-order valence-electron chi connectivity index (χ1n) is 3.93. The standard InChI is InChI=1S/C10H12O/c1-2-6-9-7-4-3-5-8-10(9)11/h3-5,7-8H,2,6H2,1H3. The quantitative estimate of drug-likeness (QED) is 0.627. The van der Waals surface area contributed by atoms with Crippen molar-refractivity contribution >= 4 is 0 Å². The predicted octanol–water partition coefficient (Wildman–Crippen LogP) is 2.00. The van der Waals surface area contributed by atoms with Gasteiger partial charge in [0.05, 0.1) is 0 Å². The number of hydrogen-bond donors (Lipinski definition) is 0. The summed E-state index contributed by atoms with van der Waals surface area (Å²) >= 11 is 0. The molecule has 0 aliphatic rings. The molecule has 0 saturated heterocycles. The molecule has 1 nitrogen and oxygen atoms in total. The van der Waals surface area contributed by atoms with Gasteiger partial charge in [-0.3, -0.25) is 4.79 Å². The number of hydrogen-bond acceptors (Lipinski definition) is 1. The first-order chi connectivity index (χ1) is 5.34. The smallest absolute Gasteiger partial charge is 0.181 e. The molecule has 0 N–H and O–H groups in total. The highest BCUT2D eigenvalue weighted by Crippen LogP contribution is 1.94. The summed E-state index contributed by atoms with van der Waals surface area (Å²) in [5, 5.41) is 0. The van der Waals surface area contributed by atoms with Crippen molar-refractivity contribution in [1.29, 1.82) is 0 Å². The van der Waals surface area contributed by atoms with Gasteiger partial charge in [-0.15, -0.1) is 0 Å². The van der Waals surface area contributed by atoms with E-state index in [4.69, 9.17) is 0 Å². The lowest BCUT2D eigenvalue weighted by molar-refractivity contribution is 0.916. The van der Waals surface area contributed by atoms with Crippen molar-refractivity contribution in [2.45, 2.75) is 19.8 Å². The fourth-order valence-corrected chi connectivity index (χ4v) is 1.04. The van der Waals surface area contributed by atoms with Crippen LogP contribution in [0.25, 0.3) is 0 Å². The summed E-state index contributed by atoms with van der Waals surface area (Å²) in [6.45, 7) is 2.08. The van der Waals surface area contributed by atoms with Crippen LogP contribution in [0.15, 0.2) is 35.1 Å². The van der Waals surface area contributed by atoms with E-state index in [-0.39, 0.29) is 5.43 Å². The van der Waals surface area contributed by atoms with Crippen molar-refractivity contribution in [2.24, 2.45) is 0 Å². The van der Waals surface area contributed by atoms with Crippen LogP contribution in [-0.2, 0) is 6.42 Å². The fraction of sp³-hybridized carbons (Fsp3) is 0.300. The van der Waals surface area contributed by atoms with Crippen LogP contribution in [0.2, 0.25) is 0 Å². The highest BCUT2D eigenvalue weighted by molar-refractivity contribution is 5.13. The third-order valence-electron chi connectivity index (χ3n) is 1.60. The average Bonchev–Trinajstić information content (AvgIpc) is 2.18. The van der Waals surface area contributed by atoms with Crippen LogP contribution in [0.5, 0.6) is 0 Å². The van der Waals surface area contributed by atoms with E-state index in [1.54, 1.807) is 12.1 Å². The topological polar surface area (TPSA) is 17.1 Å². The summed E-state index contributed by atoms with van der Waals surface area (Å²) in [6, 6.07) is 9.07. The van der Waals surface area contributed by atoms with E-state index >= 15 is 0 Å². The monoisotopic (exact) mass is 148 g/mol. The zero-order valence-electron chi connectivity index (χ0n) is 6.71. The summed E-state index contributed by atoms with van der Waals surface area (Å²) in [7, 11) is 0. The van der Waals surface area contributed by atoms with Gasteiger partial charge in [0.25, 0.3) is 0 Å². The number of aryl methyl sites for hydroxylation is 1. The Morgan fingerprint density at radius 3 is 2.64 bits per heavy atom. The van der Waals surface area contributed by atoms with E-state index < -0.39 is 0 Å². The lowest BCUT2D eigenvalue weighted by Crippen LogP contribution is -2.02. The minimum Gasteiger partial charge on any atom is -0.290 e. The van der Waals surface area contributed by atoms with E-state index in [9.17, 15) is 4.79 Å². The predicted molar refractivity (Wildman–Crippen MR) is 46.7 cm³/mol. The lowest BCUT2D eigenvalue weighted by atomic mass is 10.2. The van der Waals surface area contributed by atoms with Crippen molar-refractivity contribution < 1.29 is 0 Å². The third kappa shape index (κ3) is 2.19. The summed E-state index contributed by atoms with van der Waals surface area (Å²) in [5.74, 6) is 0. The molecule has 0 spiro atoms. The van der Waals surface area contributed by atoms with Gasteiger partial charge >= 0.3 is 0 Å². The molecule has 0 fully saturated rings. The van der Waals surface area contributed by atoms with Crippen molar-refractivity contribution in [3.63, 3.8) is 0 Å². The second kappa shape index (κ2) is 3.91. The molecular formula is C10H12O. The minimum absolute atomic E-state index is 0.150. The second-order valence-corrected chi connectivity index (χ2v) is 2.55. The summed E-state index contributed by atoms with van der Waals surface area (Å²) in [4.78, 5) is 11.2. The maximum Gasteiger partial charge on any atom is 0.181 e. The molecule has 0 saturated carbocycles. The Labute approximate surface area is 66.7 Å². The molecule has 58 valence electrons. The maximum atomic E-state index is 11.2. The first kappa shape index (κ1) is 7.99. The normalized spacial score (nSPS) is 9.55. The fourth-order valence-electron chi connectivity index (χ4n) is 1.04. The molecule has 0 atom stereocenters. The van der Waals surface area contributed by atoms with Crippen molar-refractivity contribution in [2.75, 3.05) is 0 Å². The van der Waals surface area contributed by atoms with Gasteiger partial charge in [-0.1, -0.05) is 37.6 Å². The molecule has 1 heteroatoms. The van der Waals surface area contributed by atoms with Crippen LogP contribution in [0, 0.1) is 0 Å². The van der Waals surface area contributed by atoms with Crippen LogP contribution in [0.4, 0.5) is 0 Å². The molecule has 0 bridgehead atoms. The van der Waals surface area contributed by atoms with E-state index in [0.29, 0.717) is 0 Å². The van der Waals surface area contributed by atoms with Gasteiger partial charge in [0.15, 0.2) is 5.43 Å². The Hall–Kier alpha value is -1.11. The third-order valence-corrected chi connectivity index (χ3v) is 1.60. The molecule has 0 aromatic heterocycles. The van der Waals surface area contributed by atoms with Gasteiger partial charge in [0, 0.05) is 0 Å². The SMILES string of the molecule is CCCc1cccccc1=O. The highest BCUT2D eigenvalue weighted by atomic mass is 16.1. The first-order valence-corrected chi connectivity index (χ1v) is 3.93. The maximum absolute atomic E-state index is 11.2. The molecule has 0 unspecified atom stereocenters. The summed E-state index contributed by atoms with van der Waals surface area (Å²) < 4.78 is 0. The van der Waals surface area contributed by atoms with Crippen LogP contribution in [0.1, 0.15) is 18.9 Å².